The van der Waals surface area contributed by atoms with E-state index in [0.29, 0.717) is 30.3 Å². The highest BCUT2D eigenvalue weighted by Gasteiger charge is 2.54. The minimum atomic E-state index is -1.92. The summed E-state index contributed by atoms with van der Waals surface area (Å²) >= 11 is 7.37. The summed E-state index contributed by atoms with van der Waals surface area (Å²) in [5.74, 6) is 1.40. The van der Waals surface area contributed by atoms with Gasteiger partial charge >= 0.3 is 12.2 Å². The highest BCUT2D eigenvalue weighted by Crippen LogP contribution is 2.56. The van der Waals surface area contributed by atoms with Crippen LogP contribution in [0.5, 0.6) is 11.5 Å². The second kappa shape index (κ2) is 19.4. The summed E-state index contributed by atoms with van der Waals surface area (Å²) in [5, 5.41) is 10.7. The molecule has 0 spiro atoms. The summed E-state index contributed by atoms with van der Waals surface area (Å²) in [6, 6.07) is 21.9. The molecule has 4 aromatic rings. The molecule has 2 saturated carbocycles. The van der Waals surface area contributed by atoms with Gasteiger partial charge in [0.2, 0.25) is 0 Å². The molecule has 0 aromatic heterocycles. The third-order valence-corrected chi connectivity index (χ3v) is 26.6. The zero-order valence-electron chi connectivity index (χ0n) is 48.0. The number of hydrogen-bond acceptors (Lipinski definition) is 7. The lowest BCUT2D eigenvalue weighted by molar-refractivity contribution is 0.0597. The van der Waals surface area contributed by atoms with Crippen LogP contribution >= 0.6 is 31.9 Å². The molecule has 0 saturated heterocycles. The Hall–Kier alpha value is -3.67. The molecule has 14 heteroatoms. The van der Waals surface area contributed by atoms with Crippen LogP contribution in [-0.2, 0) is 29.8 Å². The minimum Gasteiger partial charge on any atom is -0.491 e. The highest BCUT2D eigenvalue weighted by molar-refractivity contribution is 9.10. The van der Waals surface area contributed by atoms with E-state index in [1.807, 2.05) is 75.4 Å². The van der Waals surface area contributed by atoms with Crippen LogP contribution in [0.25, 0.3) is 0 Å². The molecule has 4 aromatic carbocycles. The van der Waals surface area contributed by atoms with Crippen molar-refractivity contribution < 1.29 is 37.8 Å². The Morgan fingerprint density at radius 1 is 0.581 bits per heavy atom. The zero-order chi connectivity index (χ0) is 55.4. The second-order valence-corrected chi connectivity index (χ2v) is 38.7. The van der Waals surface area contributed by atoms with Gasteiger partial charge in [-0.05, 0) is 158 Å². The Bertz CT molecular complexity index is 2820. The Kier molecular flexibility index (Phi) is 15.2. The first-order valence-electron chi connectivity index (χ1n) is 26.3. The van der Waals surface area contributed by atoms with Crippen LogP contribution in [0.2, 0.25) is 36.3 Å². The SMILES string of the molecule is CC(C)(C)OC(=O)N1c2cc(OCC3(O[Si](C)(C)C(C)(C)C)CC3)ccc2C(C)(C)c2cc(Br)ccc21.CC(C)(C)c1c(Br)ccc2c1C(C)(C)c1ccc(OCC3(O[Si](C)(C)C(C)(C)C)CC3)cc1N2C(=O)O. The molecular weight excluding hydrogens is 1090 g/mol. The predicted octanol–water partition coefficient (Wildman–Crippen LogP) is 18.2. The summed E-state index contributed by atoms with van der Waals surface area (Å²) in [5.41, 5.74) is 6.29. The van der Waals surface area contributed by atoms with Gasteiger partial charge < -0.3 is 28.2 Å². The first-order valence-corrected chi connectivity index (χ1v) is 33.7. The number of hydrogen-bond donors (Lipinski definition) is 1. The lowest BCUT2D eigenvalue weighted by Gasteiger charge is -2.43. The van der Waals surface area contributed by atoms with Gasteiger partial charge in [-0.2, -0.15) is 0 Å². The molecule has 2 aliphatic heterocycles. The Labute approximate surface area is 462 Å². The molecule has 0 bridgehead atoms. The lowest BCUT2D eigenvalue weighted by Crippen LogP contribution is -2.46. The summed E-state index contributed by atoms with van der Waals surface area (Å²) in [6.07, 6.45) is 2.63. The molecule has 0 radical (unpaired) electrons. The van der Waals surface area contributed by atoms with E-state index in [1.165, 1.54) is 4.90 Å². The van der Waals surface area contributed by atoms with E-state index in [-0.39, 0.29) is 32.1 Å². The molecule has 2 aliphatic carbocycles. The van der Waals surface area contributed by atoms with Crippen molar-refractivity contribution in [2.24, 2.45) is 0 Å². The number of nitrogens with zero attached hydrogens (tertiary/aromatic N) is 2. The van der Waals surface area contributed by atoms with Gasteiger partial charge in [0.1, 0.15) is 30.3 Å². The Balaban J connectivity index is 0.000000216. The number of carbonyl (C=O) groups is 2. The fourth-order valence-corrected chi connectivity index (χ4v) is 14.4. The Morgan fingerprint density at radius 3 is 1.45 bits per heavy atom. The maximum Gasteiger partial charge on any atom is 0.419 e. The number of anilines is 4. The van der Waals surface area contributed by atoms with Crippen LogP contribution in [0.1, 0.15) is 164 Å². The number of ether oxygens (including phenoxy) is 3. The quantitative estimate of drug-likeness (QED) is 0.157. The molecule has 0 atom stereocenters. The number of benzene rings is 4. The van der Waals surface area contributed by atoms with Crippen LogP contribution in [-0.4, -0.2) is 63.9 Å². The molecule has 8 rings (SSSR count). The van der Waals surface area contributed by atoms with Gasteiger partial charge in [-0.25, -0.2) is 19.4 Å². The van der Waals surface area contributed by atoms with E-state index in [4.69, 9.17) is 23.1 Å². The average Bonchev–Trinajstić information content (AvgIpc) is 4.18. The molecule has 2 heterocycles. The van der Waals surface area contributed by atoms with E-state index in [2.05, 4.69) is 160 Å². The lowest BCUT2D eigenvalue weighted by atomic mass is 9.68. The highest BCUT2D eigenvalue weighted by atomic mass is 79.9. The van der Waals surface area contributed by atoms with Crippen molar-refractivity contribution in [3.63, 3.8) is 0 Å². The van der Waals surface area contributed by atoms with Crippen LogP contribution in [0.15, 0.2) is 75.7 Å². The van der Waals surface area contributed by atoms with Crippen molar-refractivity contribution in [3.05, 3.63) is 103 Å². The van der Waals surface area contributed by atoms with Crippen molar-refractivity contribution in [1.82, 2.24) is 0 Å². The number of amides is 2. The van der Waals surface area contributed by atoms with Gasteiger partial charge in [0.25, 0.3) is 0 Å². The fraction of sp³-hybridized carbons (Fsp3) is 0.567. The van der Waals surface area contributed by atoms with Crippen molar-refractivity contribution in [2.45, 2.75) is 206 Å². The van der Waals surface area contributed by atoms with E-state index in [9.17, 15) is 14.7 Å². The van der Waals surface area contributed by atoms with Crippen LogP contribution in [0.4, 0.5) is 32.3 Å². The Morgan fingerprint density at radius 2 is 1.03 bits per heavy atom. The van der Waals surface area contributed by atoms with Crippen molar-refractivity contribution in [3.8, 4) is 11.5 Å². The third-order valence-electron chi connectivity index (χ3n) is 16.3. The monoisotopic (exact) mass is 1170 g/mol. The molecule has 1 N–H and O–H groups in total. The smallest absolute Gasteiger partial charge is 0.419 e. The van der Waals surface area contributed by atoms with E-state index in [0.717, 1.165) is 79.6 Å². The van der Waals surface area contributed by atoms with Crippen LogP contribution in [0, 0.1) is 0 Å². The predicted molar refractivity (Wildman–Crippen MR) is 314 cm³/mol. The van der Waals surface area contributed by atoms with Crippen LogP contribution < -0.4 is 19.3 Å². The molecule has 74 heavy (non-hydrogen) atoms. The first-order chi connectivity index (χ1) is 33.7. The van der Waals surface area contributed by atoms with E-state index >= 15 is 0 Å². The second-order valence-electron chi connectivity index (χ2n) is 27.4. The third kappa shape index (κ3) is 11.6. The largest absolute Gasteiger partial charge is 0.491 e. The normalized spacial score (nSPS) is 18.1. The van der Waals surface area contributed by atoms with Crippen molar-refractivity contribution in [1.29, 1.82) is 0 Å². The molecule has 10 nitrogen and oxygen atoms in total. The van der Waals surface area contributed by atoms with Gasteiger partial charge in [-0.15, -0.1) is 0 Å². The summed E-state index contributed by atoms with van der Waals surface area (Å²) in [4.78, 5) is 29.4. The number of rotatable bonds is 10. The van der Waals surface area contributed by atoms with Crippen molar-refractivity contribution >= 4 is 83.4 Å². The fourth-order valence-electron chi connectivity index (χ4n) is 9.85. The van der Waals surface area contributed by atoms with Gasteiger partial charge in [0.15, 0.2) is 16.6 Å². The van der Waals surface area contributed by atoms with Gasteiger partial charge in [-0.3, -0.25) is 0 Å². The molecule has 2 fully saturated rings. The molecule has 2 amide bonds. The summed E-state index contributed by atoms with van der Waals surface area (Å²) in [7, 11) is -3.82. The topological polar surface area (TPSA) is 107 Å². The van der Waals surface area contributed by atoms with Gasteiger partial charge in [0, 0.05) is 31.9 Å². The summed E-state index contributed by atoms with van der Waals surface area (Å²) < 4.78 is 34.0. The van der Waals surface area contributed by atoms with Crippen LogP contribution in [0.3, 0.4) is 0 Å². The standard InChI is InChI=1S/2C30H42BrNO4Si/c1-27(2,3)35-26(33)32-24-14-11-20(31)17-23(24)29(7,8)22-13-12-21(18-25(22)32)34-19-30(15-16-30)36-37(9,10)28(4,5)6;1-27(2,3)24-21(31)13-14-22-25(24)29(7,8)20-12-11-19(17-23(20)32(22)26(33)34)35-18-30(15-16-30)36-37(9,10)28(4,5)6/h11-14,17-18H,15-16,19H2,1-10H3;11-14,17H,15-16,18H2,1-10H3,(H,33,34). The first kappa shape index (κ1) is 58.0. The van der Waals surface area contributed by atoms with E-state index < -0.39 is 39.8 Å². The number of fused-ring (bicyclic) bond motifs is 4. The zero-order valence-corrected chi connectivity index (χ0v) is 53.2. The molecule has 404 valence electrons. The van der Waals surface area contributed by atoms with Crippen molar-refractivity contribution in [2.75, 3.05) is 23.0 Å². The molecule has 4 aliphatic rings. The number of halogens is 2. The van der Waals surface area contributed by atoms with Gasteiger partial charge in [0.05, 0.1) is 34.0 Å². The minimum absolute atomic E-state index is 0.135. The molecular formula is C60H84Br2N2O8Si2. The van der Waals surface area contributed by atoms with Gasteiger partial charge in [-0.1, -0.05) is 134 Å². The maximum absolute atomic E-state index is 13.6. The number of carbonyl (C=O) groups excluding carboxylic acids is 1. The van der Waals surface area contributed by atoms with E-state index in [1.54, 1.807) is 4.90 Å². The summed E-state index contributed by atoms with van der Waals surface area (Å²) in [6.45, 7) is 44.6. The maximum atomic E-state index is 13.6. The number of carboxylic acid groups (broad SMARTS) is 1. The average molecular weight is 1180 g/mol. The molecule has 0 unspecified atom stereocenters.